The number of hydrogen-bond donors (Lipinski definition) is 0. The summed E-state index contributed by atoms with van der Waals surface area (Å²) in [6.07, 6.45) is 0. The maximum absolute atomic E-state index is 13.5. The van der Waals surface area contributed by atoms with Crippen molar-refractivity contribution in [3.63, 3.8) is 0 Å². The lowest BCUT2D eigenvalue weighted by Gasteiger charge is -2.18. The third-order valence-electron chi connectivity index (χ3n) is 6.36. The number of amides is 4. The van der Waals surface area contributed by atoms with Crippen LogP contribution in [0.2, 0.25) is 40.2 Å². The molecule has 0 saturated heterocycles. The largest absolute Gasteiger partial charge is 0.269 e. The lowest BCUT2D eigenvalue weighted by molar-refractivity contribution is 0.0909. The Morgan fingerprint density at radius 1 is 0.475 bits per heavy atom. The molecule has 2 aliphatic rings. The SMILES string of the molecule is O=C1c2c(Cl)c(Cl)c(Cl)c(Cl)c2C(=O)N1c1ccc2cccc(N3C(=O)c4c(Cl)c(Cl)c(Cl)c(Cl)c4C3=O)c2n1. The van der Waals surface area contributed by atoms with Gasteiger partial charge in [-0.1, -0.05) is 105 Å². The molecule has 0 radical (unpaired) electrons. The van der Waals surface area contributed by atoms with Crippen molar-refractivity contribution in [2.24, 2.45) is 0 Å². The number of pyridine rings is 1. The molecule has 0 fully saturated rings. The van der Waals surface area contributed by atoms with E-state index in [-0.39, 0.29) is 79.5 Å². The Labute approximate surface area is 263 Å². The van der Waals surface area contributed by atoms with Crippen molar-refractivity contribution in [1.29, 1.82) is 0 Å². The van der Waals surface area contributed by atoms with E-state index in [1.807, 2.05) is 0 Å². The molecule has 0 spiro atoms. The predicted octanol–water partition coefficient (Wildman–Crippen LogP) is 9.06. The minimum Gasteiger partial charge on any atom is -0.268 e. The van der Waals surface area contributed by atoms with Gasteiger partial charge in [-0.05, 0) is 18.2 Å². The molecule has 0 saturated carbocycles. The molecule has 4 amide bonds. The number of imide groups is 2. The van der Waals surface area contributed by atoms with Crippen LogP contribution in [-0.2, 0) is 0 Å². The van der Waals surface area contributed by atoms with Gasteiger partial charge in [0.05, 0.1) is 73.6 Å². The first kappa shape index (κ1) is 27.8. The number of para-hydroxylation sites is 1. The molecule has 0 unspecified atom stereocenters. The van der Waals surface area contributed by atoms with Crippen molar-refractivity contribution < 1.29 is 19.2 Å². The molecule has 0 atom stereocenters. The van der Waals surface area contributed by atoms with Crippen LogP contribution in [0.25, 0.3) is 10.9 Å². The van der Waals surface area contributed by atoms with Crippen LogP contribution in [0.15, 0.2) is 30.3 Å². The summed E-state index contributed by atoms with van der Waals surface area (Å²) in [5, 5.41) is -1.25. The zero-order valence-electron chi connectivity index (χ0n) is 18.9. The van der Waals surface area contributed by atoms with Crippen LogP contribution in [0.1, 0.15) is 41.4 Å². The first-order valence-corrected chi connectivity index (χ1v) is 13.8. The highest BCUT2D eigenvalue weighted by molar-refractivity contribution is 6.57. The number of anilines is 2. The molecule has 0 aliphatic carbocycles. The number of hydrogen-bond acceptors (Lipinski definition) is 5. The van der Waals surface area contributed by atoms with Crippen molar-refractivity contribution in [3.8, 4) is 0 Å². The summed E-state index contributed by atoms with van der Waals surface area (Å²) >= 11 is 49.5. The van der Waals surface area contributed by atoms with Gasteiger partial charge in [-0.15, -0.1) is 0 Å². The summed E-state index contributed by atoms with van der Waals surface area (Å²) in [5.41, 5.74) is -0.818. The standard InChI is InChI=1S/C25H5Cl8N3O4/c26-13-9-10(14(27)18(31)17(13)30)23(38)35(22(9)37)7-3-1-2-6-4-5-8(34-21(6)7)36-24(39)11-12(25(36)40)16(29)20(33)19(32)15(11)28/h1-5H. The number of fused-ring (bicyclic) bond motifs is 3. The Morgan fingerprint density at radius 3 is 1.30 bits per heavy atom. The number of aromatic nitrogens is 1. The van der Waals surface area contributed by atoms with E-state index in [1.165, 1.54) is 12.1 Å². The number of carbonyl (C=O) groups is 4. The van der Waals surface area contributed by atoms with Crippen LogP contribution in [0.4, 0.5) is 11.5 Å². The van der Waals surface area contributed by atoms with E-state index in [2.05, 4.69) is 4.98 Å². The summed E-state index contributed by atoms with van der Waals surface area (Å²) in [6.45, 7) is 0. The minimum absolute atomic E-state index is 0.0173. The molecular weight excluding hydrogens is 690 g/mol. The molecule has 7 nitrogen and oxygen atoms in total. The van der Waals surface area contributed by atoms with Crippen LogP contribution < -0.4 is 9.80 Å². The quantitative estimate of drug-likeness (QED) is 0.119. The Kier molecular flexibility index (Phi) is 6.69. The van der Waals surface area contributed by atoms with Crippen molar-refractivity contribution in [1.82, 2.24) is 4.98 Å². The smallest absolute Gasteiger partial charge is 0.268 e. The number of nitrogens with zero attached hydrogens (tertiary/aromatic N) is 3. The molecule has 6 rings (SSSR count). The van der Waals surface area contributed by atoms with Gasteiger partial charge in [0, 0.05) is 5.39 Å². The monoisotopic (exact) mass is 691 g/mol. The van der Waals surface area contributed by atoms with Crippen LogP contribution in [0.5, 0.6) is 0 Å². The van der Waals surface area contributed by atoms with Crippen LogP contribution in [0.3, 0.4) is 0 Å². The zero-order valence-corrected chi connectivity index (χ0v) is 24.9. The van der Waals surface area contributed by atoms with E-state index in [0.717, 1.165) is 9.80 Å². The van der Waals surface area contributed by atoms with Gasteiger partial charge < -0.3 is 0 Å². The predicted molar refractivity (Wildman–Crippen MR) is 157 cm³/mol. The molecule has 4 aromatic rings. The lowest BCUT2D eigenvalue weighted by Crippen LogP contribution is -2.31. The fourth-order valence-electron chi connectivity index (χ4n) is 4.55. The maximum Gasteiger partial charge on any atom is 0.269 e. The highest BCUT2D eigenvalue weighted by atomic mass is 35.5. The molecule has 40 heavy (non-hydrogen) atoms. The van der Waals surface area contributed by atoms with Gasteiger partial charge in [-0.2, -0.15) is 0 Å². The third kappa shape index (κ3) is 3.63. The second-order valence-electron chi connectivity index (χ2n) is 8.42. The highest BCUT2D eigenvalue weighted by Gasteiger charge is 2.45. The fourth-order valence-corrected chi connectivity index (χ4v) is 6.58. The van der Waals surface area contributed by atoms with Gasteiger partial charge in [0.1, 0.15) is 5.82 Å². The molecule has 3 aromatic carbocycles. The van der Waals surface area contributed by atoms with Gasteiger partial charge >= 0.3 is 0 Å². The molecular formula is C25H5Cl8N3O4. The number of rotatable bonds is 2. The topological polar surface area (TPSA) is 87.7 Å². The van der Waals surface area contributed by atoms with E-state index in [0.29, 0.717) is 5.39 Å². The minimum atomic E-state index is -0.849. The van der Waals surface area contributed by atoms with Gasteiger partial charge in [0.2, 0.25) is 0 Å². The van der Waals surface area contributed by atoms with Gasteiger partial charge in [0.25, 0.3) is 23.6 Å². The van der Waals surface area contributed by atoms with Crippen molar-refractivity contribution in [2.75, 3.05) is 9.80 Å². The van der Waals surface area contributed by atoms with E-state index in [1.54, 1.807) is 18.2 Å². The van der Waals surface area contributed by atoms with Crippen molar-refractivity contribution >= 4 is 139 Å². The van der Waals surface area contributed by atoms with Crippen molar-refractivity contribution in [2.45, 2.75) is 0 Å². The van der Waals surface area contributed by atoms with Crippen molar-refractivity contribution in [3.05, 3.63) is 92.8 Å². The van der Waals surface area contributed by atoms with E-state index in [9.17, 15) is 19.2 Å². The van der Waals surface area contributed by atoms with E-state index in [4.69, 9.17) is 92.8 Å². The summed E-state index contributed by atoms with van der Waals surface area (Å²) in [6, 6.07) is 7.62. The third-order valence-corrected chi connectivity index (χ3v) is 9.96. The first-order chi connectivity index (χ1) is 18.9. The fraction of sp³-hybridized carbons (Fsp3) is 0. The normalized spacial score (nSPS) is 14.6. The van der Waals surface area contributed by atoms with E-state index >= 15 is 0 Å². The second kappa shape index (κ2) is 9.61. The van der Waals surface area contributed by atoms with Gasteiger partial charge in [-0.3, -0.25) is 19.2 Å². The van der Waals surface area contributed by atoms with Crippen LogP contribution in [-0.4, -0.2) is 28.6 Å². The molecule has 0 bridgehead atoms. The molecule has 3 heterocycles. The number of halogens is 8. The molecule has 0 N–H and O–H groups in total. The Morgan fingerprint density at radius 2 is 0.875 bits per heavy atom. The molecule has 15 heteroatoms. The Hall–Kier alpha value is -2.33. The van der Waals surface area contributed by atoms with E-state index < -0.39 is 23.6 Å². The maximum atomic E-state index is 13.5. The summed E-state index contributed by atoms with van der Waals surface area (Å²) < 4.78 is 0. The van der Waals surface area contributed by atoms with Crippen LogP contribution >= 0.6 is 92.8 Å². The average Bonchev–Trinajstić information content (AvgIpc) is 3.35. The Balaban J connectivity index is 1.52. The summed E-state index contributed by atoms with van der Waals surface area (Å²) in [7, 11) is 0. The first-order valence-electron chi connectivity index (χ1n) is 10.8. The molecule has 1 aromatic heterocycles. The second-order valence-corrected chi connectivity index (χ2v) is 11.4. The Bertz CT molecular complexity index is 1850. The number of benzene rings is 3. The number of carbonyl (C=O) groups excluding carboxylic acids is 4. The summed E-state index contributed by atoms with van der Waals surface area (Å²) in [4.78, 5) is 59.7. The average molecular weight is 695 g/mol. The van der Waals surface area contributed by atoms with Crippen LogP contribution in [0, 0.1) is 0 Å². The highest BCUT2D eigenvalue weighted by Crippen LogP contribution is 2.48. The zero-order chi connectivity index (χ0) is 28.9. The lowest BCUT2D eigenvalue weighted by atomic mass is 10.1. The van der Waals surface area contributed by atoms with Gasteiger partial charge in [-0.25, -0.2) is 14.8 Å². The molecule has 2 aliphatic heterocycles. The summed E-state index contributed by atoms with van der Waals surface area (Å²) in [5.74, 6) is -3.50. The molecule has 200 valence electrons. The van der Waals surface area contributed by atoms with Gasteiger partial charge in [0.15, 0.2) is 0 Å².